The first-order valence-electron chi connectivity index (χ1n) is 12.1. The number of amides is 2. The number of sulfonamides is 1. The third kappa shape index (κ3) is 6.87. The van der Waals surface area contributed by atoms with Gasteiger partial charge in [0.05, 0.1) is 10.6 Å². The van der Waals surface area contributed by atoms with Crippen LogP contribution in [-0.4, -0.2) is 44.3 Å². The number of benzene rings is 3. The van der Waals surface area contributed by atoms with Gasteiger partial charge in [0.15, 0.2) is 0 Å². The van der Waals surface area contributed by atoms with Crippen molar-refractivity contribution in [2.45, 2.75) is 45.2 Å². The van der Waals surface area contributed by atoms with Crippen LogP contribution in [0.25, 0.3) is 0 Å². The molecule has 7 nitrogen and oxygen atoms in total. The summed E-state index contributed by atoms with van der Waals surface area (Å²) in [5.74, 6) is -0.911. The fourth-order valence-corrected chi connectivity index (χ4v) is 5.59. The van der Waals surface area contributed by atoms with Gasteiger partial charge in [0.2, 0.25) is 11.8 Å². The van der Waals surface area contributed by atoms with Crippen LogP contribution in [0.1, 0.15) is 30.5 Å². The van der Waals surface area contributed by atoms with Crippen LogP contribution in [0.4, 0.5) is 5.69 Å². The van der Waals surface area contributed by atoms with Crippen LogP contribution in [-0.2, 0) is 26.2 Å². The van der Waals surface area contributed by atoms with E-state index < -0.39 is 28.5 Å². The van der Waals surface area contributed by atoms with E-state index >= 15 is 0 Å². The van der Waals surface area contributed by atoms with Crippen LogP contribution in [0.3, 0.4) is 0 Å². The normalized spacial score (nSPS) is 12.1. The predicted molar refractivity (Wildman–Crippen MR) is 152 cm³/mol. The van der Waals surface area contributed by atoms with Crippen molar-refractivity contribution in [3.63, 3.8) is 0 Å². The minimum atomic E-state index is -4.17. The minimum Gasteiger partial charge on any atom is -0.355 e. The molecule has 3 aromatic carbocycles. The van der Waals surface area contributed by atoms with E-state index in [1.54, 1.807) is 56.3 Å². The molecule has 0 fully saturated rings. The zero-order valence-corrected chi connectivity index (χ0v) is 24.1. The summed E-state index contributed by atoms with van der Waals surface area (Å²) in [6, 6.07) is 17.1. The van der Waals surface area contributed by atoms with Crippen LogP contribution in [0.2, 0.25) is 10.0 Å². The number of anilines is 1. The highest BCUT2D eigenvalue weighted by Gasteiger charge is 2.32. The van der Waals surface area contributed by atoms with Gasteiger partial charge >= 0.3 is 0 Å². The van der Waals surface area contributed by atoms with E-state index in [2.05, 4.69) is 5.32 Å². The van der Waals surface area contributed by atoms with Crippen molar-refractivity contribution in [2.75, 3.05) is 17.4 Å². The maximum atomic E-state index is 13.9. The van der Waals surface area contributed by atoms with E-state index in [1.165, 1.54) is 29.2 Å². The topological polar surface area (TPSA) is 86.8 Å². The second kappa shape index (κ2) is 12.7. The van der Waals surface area contributed by atoms with E-state index in [4.69, 9.17) is 23.2 Å². The van der Waals surface area contributed by atoms with Gasteiger partial charge in [-0.15, -0.1) is 0 Å². The maximum Gasteiger partial charge on any atom is 0.264 e. The van der Waals surface area contributed by atoms with Gasteiger partial charge < -0.3 is 10.2 Å². The van der Waals surface area contributed by atoms with Gasteiger partial charge in [-0.3, -0.25) is 13.9 Å². The number of aryl methyl sites for hydroxylation is 2. The number of nitrogens with one attached hydrogen (secondary N) is 1. The monoisotopic (exact) mass is 575 g/mol. The zero-order chi connectivity index (χ0) is 28.0. The summed E-state index contributed by atoms with van der Waals surface area (Å²) in [5.41, 5.74) is 2.82. The van der Waals surface area contributed by atoms with E-state index in [0.29, 0.717) is 27.8 Å². The summed E-state index contributed by atoms with van der Waals surface area (Å²) in [5, 5.41) is 3.56. The quantitative estimate of drug-likeness (QED) is 0.352. The first-order chi connectivity index (χ1) is 17.9. The van der Waals surface area contributed by atoms with E-state index in [0.717, 1.165) is 15.4 Å². The van der Waals surface area contributed by atoms with Gasteiger partial charge in [0.1, 0.15) is 12.6 Å². The molecule has 0 aliphatic rings. The average molecular weight is 577 g/mol. The summed E-state index contributed by atoms with van der Waals surface area (Å²) in [6.07, 6.45) is 0. The van der Waals surface area contributed by atoms with Crippen molar-refractivity contribution < 1.29 is 18.0 Å². The van der Waals surface area contributed by atoms with Crippen molar-refractivity contribution >= 4 is 50.7 Å². The third-order valence-electron chi connectivity index (χ3n) is 6.28. The molecule has 3 aromatic rings. The summed E-state index contributed by atoms with van der Waals surface area (Å²) >= 11 is 12.3. The van der Waals surface area contributed by atoms with Gasteiger partial charge in [-0.05, 0) is 86.8 Å². The lowest BCUT2D eigenvalue weighted by molar-refractivity contribution is -0.139. The first kappa shape index (κ1) is 29.5. The molecule has 1 N–H and O–H groups in total. The molecule has 0 bridgehead atoms. The van der Waals surface area contributed by atoms with Gasteiger partial charge in [-0.2, -0.15) is 0 Å². The Balaban J connectivity index is 2.07. The van der Waals surface area contributed by atoms with Gasteiger partial charge in [-0.1, -0.05) is 47.5 Å². The summed E-state index contributed by atoms with van der Waals surface area (Å²) in [7, 11) is -4.17. The van der Waals surface area contributed by atoms with Gasteiger partial charge in [0, 0.05) is 23.1 Å². The van der Waals surface area contributed by atoms with E-state index in [9.17, 15) is 18.0 Å². The highest BCUT2D eigenvalue weighted by Crippen LogP contribution is 2.27. The Morgan fingerprint density at radius 3 is 2.21 bits per heavy atom. The number of rotatable bonds is 10. The Morgan fingerprint density at radius 1 is 0.947 bits per heavy atom. The Bertz CT molecular complexity index is 1410. The molecule has 0 unspecified atom stereocenters. The number of carbonyl (C=O) groups excluding carboxylic acids is 2. The number of carbonyl (C=O) groups is 2. The number of halogens is 2. The van der Waals surface area contributed by atoms with Crippen molar-refractivity contribution in [2.24, 2.45) is 0 Å². The largest absolute Gasteiger partial charge is 0.355 e. The summed E-state index contributed by atoms with van der Waals surface area (Å²) in [4.78, 5) is 28.0. The maximum absolute atomic E-state index is 13.9. The van der Waals surface area contributed by atoms with E-state index in [-0.39, 0.29) is 17.3 Å². The molecule has 0 aliphatic carbocycles. The molecule has 38 heavy (non-hydrogen) atoms. The SMILES string of the molecule is CCNC(=O)[C@@H](C)N(Cc1ccccc1Cl)C(=O)CN(c1ccc(C)c(C)c1)S(=O)(=O)c1ccc(Cl)cc1. The second-order valence-electron chi connectivity index (χ2n) is 8.92. The Labute approximate surface area is 234 Å². The second-order valence-corrected chi connectivity index (χ2v) is 11.6. The molecular weight excluding hydrogens is 545 g/mol. The summed E-state index contributed by atoms with van der Waals surface area (Å²) < 4.78 is 28.7. The standard InChI is InChI=1S/C28H31Cl2N3O4S/c1-5-31-28(35)21(4)32(17-22-8-6-7-9-26(22)30)27(34)18-33(24-13-10-19(2)20(3)16-24)38(36,37)25-14-11-23(29)12-15-25/h6-16,21H,5,17-18H2,1-4H3,(H,31,35)/t21-/m1/s1. The molecule has 10 heteroatoms. The van der Waals surface area contributed by atoms with Crippen molar-refractivity contribution in [1.82, 2.24) is 10.2 Å². The Kier molecular flexibility index (Phi) is 9.82. The molecule has 0 aliphatic heterocycles. The van der Waals surface area contributed by atoms with Crippen LogP contribution in [0, 0.1) is 13.8 Å². The molecule has 0 saturated carbocycles. The fraction of sp³-hybridized carbons (Fsp3) is 0.286. The van der Waals surface area contributed by atoms with Crippen LogP contribution in [0.5, 0.6) is 0 Å². The fourth-order valence-electron chi connectivity index (χ4n) is 3.86. The van der Waals surface area contributed by atoms with Crippen molar-refractivity contribution in [3.05, 3.63) is 93.5 Å². The number of nitrogens with zero attached hydrogens (tertiary/aromatic N) is 2. The number of hydrogen-bond acceptors (Lipinski definition) is 4. The molecule has 0 aromatic heterocycles. The zero-order valence-electron chi connectivity index (χ0n) is 21.7. The van der Waals surface area contributed by atoms with Crippen molar-refractivity contribution in [3.8, 4) is 0 Å². The smallest absolute Gasteiger partial charge is 0.264 e. The highest BCUT2D eigenvalue weighted by molar-refractivity contribution is 7.92. The molecule has 3 rings (SSSR count). The molecule has 1 atom stereocenters. The lowest BCUT2D eigenvalue weighted by Crippen LogP contribution is -2.51. The van der Waals surface area contributed by atoms with Gasteiger partial charge in [-0.25, -0.2) is 8.42 Å². The van der Waals surface area contributed by atoms with E-state index in [1.807, 2.05) is 13.8 Å². The lowest BCUT2D eigenvalue weighted by atomic mass is 10.1. The van der Waals surface area contributed by atoms with Gasteiger partial charge in [0.25, 0.3) is 10.0 Å². The lowest BCUT2D eigenvalue weighted by Gasteiger charge is -2.32. The average Bonchev–Trinajstić information content (AvgIpc) is 2.88. The molecular formula is C28H31Cl2N3O4S. The third-order valence-corrected chi connectivity index (χ3v) is 8.68. The van der Waals surface area contributed by atoms with Crippen LogP contribution >= 0.6 is 23.2 Å². The Hall–Kier alpha value is -3.07. The molecule has 0 radical (unpaired) electrons. The molecule has 0 spiro atoms. The Morgan fingerprint density at radius 2 is 1.61 bits per heavy atom. The van der Waals surface area contributed by atoms with Crippen LogP contribution < -0.4 is 9.62 Å². The predicted octanol–water partition coefficient (Wildman–Crippen LogP) is 5.36. The molecule has 0 saturated heterocycles. The molecule has 202 valence electrons. The van der Waals surface area contributed by atoms with Crippen molar-refractivity contribution in [1.29, 1.82) is 0 Å². The number of likely N-dealkylation sites (N-methyl/N-ethyl adjacent to an activating group) is 1. The van der Waals surface area contributed by atoms with Crippen LogP contribution in [0.15, 0.2) is 71.6 Å². The number of hydrogen-bond donors (Lipinski definition) is 1. The molecule has 0 heterocycles. The summed E-state index contributed by atoms with van der Waals surface area (Å²) in [6.45, 7) is 7.06. The minimum absolute atomic E-state index is 0.0117. The highest BCUT2D eigenvalue weighted by atomic mass is 35.5. The molecule has 2 amide bonds. The first-order valence-corrected chi connectivity index (χ1v) is 14.3.